The molecule has 1 aliphatic carbocycles. The van der Waals surface area contributed by atoms with Crippen LogP contribution in [0.3, 0.4) is 0 Å². The molecule has 1 atom stereocenters. The Labute approximate surface area is 120 Å². The first kappa shape index (κ1) is 12.4. The van der Waals surface area contributed by atoms with Crippen molar-refractivity contribution >= 4 is 27.3 Å². The normalized spacial score (nSPS) is 18.0. The van der Waals surface area contributed by atoms with Crippen LogP contribution in [0.2, 0.25) is 0 Å². The van der Waals surface area contributed by atoms with Crippen molar-refractivity contribution in [1.82, 2.24) is 5.32 Å². The van der Waals surface area contributed by atoms with Gasteiger partial charge in [0.15, 0.2) is 0 Å². The molecule has 0 amide bonds. The Morgan fingerprint density at radius 2 is 2.28 bits per heavy atom. The molecule has 0 radical (unpaired) electrons. The molecule has 1 heterocycles. The van der Waals surface area contributed by atoms with E-state index in [4.69, 9.17) is 0 Å². The van der Waals surface area contributed by atoms with E-state index in [-0.39, 0.29) is 0 Å². The molecule has 0 fully saturated rings. The lowest BCUT2D eigenvalue weighted by Crippen LogP contribution is -2.18. The molecule has 1 aromatic heterocycles. The summed E-state index contributed by atoms with van der Waals surface area (Å²) in [7, 11) is 0. The van der Waals surface area contributed by atoms with E-state index in [1.54, 1.807) is 11.3 Å². The lowest BCUT2D eigenvalue weighted by Gasteiger charge is -2.12. The van der Waals surface area contributed by atoms with Crippen molar-refractivity contribution < 1.29 is 0 Å². The van der Waals surface area contributed by atoms with Gasteiger partial charge in [-0.1, -0.05) is 25.1 Å². The number of nitrogens with one attached hydrogen (secondary N) is 1. The SMILES string of the molecule is CCNC1CCc2cc(-c3cscc3Br)ccc21. The van der Waals surface area contributed by atoms with Gasteiger partial charge in [-0.3, -0.25) is 0 Å². The number of hydrogen-bond donors (Lipinski definition) is 1. The average Bonchev–Trinajstić information content (AvgIpc) is 2.96. The molecule has 0 saturated carbocycles. The predicted molar refractivity (Wildman–Crippen MR) is 82.2 cm³/mol. The fourth-order valence-corrected chi connectivity index (χ4v) is 4.26. The minimum Gasteiger partial charge on any atom is -0.310 e. The van der Waals surface area contributed by atoms with Crippen LogP contribution >= 0.6 is 27.3 Å². The van der Waals surface area contributed by atoms with Gasteiger partial charge in [-0.25, -0.2) is 0 Å². The van der Waals surface area contributed by atoms with Crippen molar-refractivity contribution in [2.45, 2.75) is 25.8 Å². The van der Waals surface area contributed by atoms with Crippen molar-refractivity contribution in [1.29, 1.82) is 0 Å². The van der Waals surface area contributed by atoms with Gasteiger partial charge in [-0.2, -0.15) is 11.3 Å². The second-order valence-corrected chi connectivity index (χ2v) is 6.29. The molecule has 94 valence electrons. The summed E-state index contributed by atoms with van der Waals surface area (Å²) >= 11 is 5.36. The molecule has 1 aliphatic rings. The summed E-state index contributed by atoms with van der Waals surface area (Å²) in [5, 5.41) is 7.91. The summed E-state index contributed by atoms with van der Waals surface area (Å²) in [5.41, 5.74) is 5.65. The first-order chi connectivity index (χ1) is 8.79. The molecular formula is C15H16BrNS. The van der Waals surface area contributed by atoms with E-state index in [2.05, 4.69) is 57.1 Å². The molecule has 0 bridgehead atoms. The highest BCUT2D eigenvalue weighted by atomic mass is 79.9. The smallest absolute Gasteiger partial charge is 0.0360 e. The average molecular weight is 322 g/mol. The lowest BCUT2D eigenvalue weighted by molar-refractivity contribution is 0.549. The highest BCUT2D eigenvalue weighted by Gasteiger charge is 2.21. The van der Waals surface area contributed by atoms with E-state index in [9.17, 15) is 0 Å². The van der Waals surface area contributed by atoms with Crippen LogP contribution in [-0.4, -0.2) is 6.54 Å². The van der Waals surface area contributed by atoms with Gasteiger partial charge < -0.3 is 5.32 Å². The Kier molecular flexibility index (Phi) is 3.55. The molecule has 2 aromatic rings. The number of fused-ring (bicyclic) bond motifs is 1. The number of hydrogen-bond acceptors (Lipinski definition) is 2. The van der Waals surface area contributed by atoms with Crippen LogP contribution in [-0.2, 0) is 6.42 Å². The maximum absolute atomic E-state index is 3.62. The summed E-state index contributed by atoms with van der Waals surface area (Å²) < 4.78 is 1.20. The van der Waals surface area contributed by atoms with Gasteiger partial charge in [0.25, 0.3) is 0 Å². The minimum absolute atomic E-state index is 0.560. The molecule has 1 nitrogen and oxygen atoms in total. The van der Waals surface area contributed by atoms with Crippen LogP contribution in [0.25, 0.3) is 11.1 Å². The summed E-state index contributed by atoms with van der Waals surface area (Å²) in [5.74, 6) is 0. The fraction of sp³-hybridized carbons (Fsp3) is 0.333. The van der Waals surface area contributed by atoms with E-state index < -0.39 is 0 Å². The van der Waals surface area contributed by atoms with Crippen molar-refractivity contribution in [3.05, 3.63) is 44.6 Å². The molecule has 1 aromatic carbocycles. The number of rotatable bonds is 3. The third-order valence-corrected chi connectivity index (χ3v) is 5.30. The monoisotopic (exact) mass is 321 g/mol. The molecule has 1 N–H and O–H groups in total. The number of thiophene rings is 1. The van der Waals surface area contributed by atoms with Gasteiger partial charge in [0.1, 0.15) is 0 Å². The van der Waals surface area contributed by atoms with Gasteiger partial charge in [0, 0.05) is 21.5 Å². The number of benzene rings is 1. The van der Waals surface area contributed by atoms with E-state index in [0.29, 0.717) is 6.04 Å². The van der Waals surface area contributed by atoms with Crippen molar-refractivity contribution in [3.63, 3.8) is 0 Å². The first-order valence-electron chi connectivity index (χ1n) is 6.38. The highest BCUT2D eigenvalue weighted by Crippen LogP contribution is 2.37. The third kappa shape index (κ3) is 2.15. The molecule has 0 aliphatic heterocycles. The summed E-state index contributed by atoms with van der Waals surface area (Å²) in [6, 6.07) is 7.47. The molecular weight excluding hydrogens is 306 g/mol. The Balaban J connectivity index is 1.96. The van der Waals surface area contributed by atoms with E-state index >= 15 is 0 Å². The Morgan fingerprint density at radius 3 is 3.00 bits per heavy atom. The van der Waals surface area contributed by atoms with Crippen molar-refractivity contribution in [2.75, 3.05) is 6.54 Å². The maximum atomic E-state index is 3.62. The molecule has 18 heavy (non-hydrogen) atoms. The quantitative estimate of drug-likeness (QED) is 0.858. The third-order valence-electron chi connectivity index (χ3n) is 3.60. The second-order valence-electron chi connectivity index (χ2n) is 4.70. The van der Waals surface area contributed by atoms with Gasteiger partial charge in [-0.15, -0.1) is 0 Å². The predicted octanol–water partition coefficient (Wildman–Crippen LogP) is 4.77. The zero-order valence-electron chi connectivity index (χ0n) is 10.4. The maximum Gasteiger partial charge on any atom is 0.0360 e. The van der Waals surface area contributed by atoms with Crippen molar-refractivity contribution in [2.24, 2.45) is 0 Å². The van der Waals surface area contributed by atoms with Crippen LogP contribution in [0.15, 0.2) is 33.4 Å². The Hall–Kier alpha value is -0.640. The summed E-state index contributed by atoms with van der Waals surface area (Å²) in [6.07, 6.45) is 2.43. The minimum atomic E-state index is 0.560. The Morgan fingerprint density at radius 1 is 1.39 bits per heavy atom. The van der Waals surface area contributed by atoms with Crippen LogP contribution in [0.4, 0.5) is 0 Å². The molecule has 1 unspecified atom stereocenters. The Bertz CT molecular complexity index is 561. The van der Waals surface area contributed by atoms with E-state index in [0.717, 1.165) is 6.54 Å². The van der Waals surface area contributed by atoms with Gasteiger partial charge in [0.05, 0.1) is 0 Å². The lowest BCUT2D eigenvalue weighted by atomic mass is 10.0. The molecule has 0 saturated heterocycles. The van der Waals surface area contributed by atoms with Crippen LogP contribution in [0.1, 0.15) is 30.5 Å². The molecule has 0 spiro atoms. The van der Waals surface area contributed by atoms with Crippen LogP contribution < -0.4 is 5.32 Å². The van der Waals surface area contributed by atoms with Crippen LogP contribution in [0.5, 0.6) is 0 Å². The largest absolute Gasteiger partial charge is 0.310 e. The number of halogens is 1. The highest BCUT2D eigenvalue weighted by molar-refractivity contribution is 9.10. The standard InChI is InChI=1S/C15H16BrNS/c1-2-17-15-6-4-10-7-11(3-5-12(10)15)13-8-18-9-14(13)16/h3,5,7-9,15,17H,2,4,6H2,1H3. The first-order valence-corrected chi connectivity index (χ1v) is 8.11. The molecule has 3 rings (SSSR count). The molecule has 3 heteroatoms. The summed E-state index contributed by atoms with van der Waals surface area (Å²) in [6.45, 7) is 3.22. The van der Waals surface area contributed by atoms with Crippen LogP contribution in [0, 0.1) is 0 Å². The zero-order valence-corrected chi connectivity index (χ0v) is 12.8. The summed E-state index contributed by atoms with van der Waals surface area (Å²) in [4.78, 5) is 0. The number of aryl methyl sites for hydroxylation is 1. The fourth-order valence-electron chi connectivity index (χ4n) is 2.73. The van der Waals surface area contributed by atoms with Gasteiger partial charge in [-0.05, 0) is 57.4 Å². The van der Waals surface area contributed by atoms with E-state index in [1.165, 1.54) is 39.6 Å². The van der Waals surface area contributed by atoms with Crippen molar-refractivity contribution in [3.8, 4) is 11.1 Å². The topological polar surface area (TPSA) is 12.0 Å². The second kappa shape index (κ2) is 5.16. The van der Waals surface area contributed by atoms with E-state index in [1.807, 2.05) is 0 Å². The van der Waals surface area contributed by atoms with Gasteiger partial charge in [0.2, 0.25) is 0 Å². The van der Waals surface area contributed by atoms with Gasteiger partial charge >= 0.3 is 0 Å². The zero-order chi connectivity index (χ0) is 12.5.